The van der Waals surface area contributed by atoms with Gasteiger partial charge in [0.2, 0.25) is 17.2 Å². The van der Waals surface area contributed by atoms with Gasteiger partial charge >= 0.3 is 0 Å². The van der Waals surface area contributed by atoms with E-state index in [1.165, 1.54) is 28.8 Å². The molecule has 4 aromatic rings. The molecule has 1 N–H and O–H groups in total. The maximum Gasteiger partial charge on any atom is 0.219 e. The number of carbonyl (C=O) groups excluding carboxylic acids is 1. The van der Waals surface area contributed by atoms with Crippen molar-refractivity contribution in [1.29, 1.82) is 0 Å². The maximum absolute atomic E-state index is 13.8. The molecular formula is C40H39N2O3+. The lowest BCUT2D eigenvalue weighted by atomic mass is 9.80. The van der Waals surface area contributed by atoms with Crippen molar-refractivity contribution in [2.24, 2.45) is 0 Å². The Morgan fingerprint density at radius 1 is 0.822 bits per heavy atom. The summed E-state index contributed by atoms with van der Waals surface area (Å²) in [5.74, 6) is -0.0810. The van der Waals surface area contributed by atoms with Crippen molar-refractivity contribution in [2.75, 3.05) is 12.0 Å². The van der Waals surface area contributed by atoms with Gasteiger partial charge in [0, 0.05) is 36.7 Å². The van der Waals surface area contributed by atoms with Crippen LogP contribution in [0.2, 0.25) is 0 Å². The van der Waals surface area contributed by atoms with Gasteiger partial charge in [0.25, 0.3) is 0 Å². The van der Waals surface area contributed by atoms with Crippen LogP contribution in [0.4, 0.5) is 22.7 Å². The molecule has 0 aromatic heterocycles. The van der Waals surface area contributed by atoms with Crippen LogP contribution in [0.1, 0.15) is 53.5 Å². The molecule has 0 amide bonds. The van der Waals surface area contributed by atoms with Gasteiger partial charge in [-0.25, -0.2) is 0 Å². The smallest absolute Gasteiger partial charge is 0.219 e. The molecule has 2 unspecified atom stereocenters. The molecule has 0 bridgehead atoms. The van der Waals surface area contributed by atoms with Gasteiger partial charge in [-0.15, -0.1) is 0 Å². The number of aliphatic hydroxyl groups excluding tert-OH is 1. The predicted molar refractivity (Wildman–Crippen MR) is 184 cm³/mol. The number of hydrogen-bond acceptors (Lipinski definition) is 4. The van der Waals surface area contributed by atoms with E-state index in [0.29, 0.717) is 11.1 Å². The first-order chi connectivity index (χ1) is 21.9. The Kier molecular flexibility index (Phi) is 7.50. The molecule has 1 aliphatic heterocycles. The largest absolute Gasteiger partial charge is 0.506 e. The summed E-state index contributed by atoms with van der Waals surface area (Å²) in [7, 11) is 1.82. The van der Waals surface area contributed by atoms with E-state index in [2.05, 4.69) is 84.8 Å². The fourth-order valence-electron chi connectivity index (χ4n) is 7.24. The third-order valence-corrected chi connectivity index (χ3v) is 9.57. The number of allylic oxidation sites excluding steroid dienone is 3. The highest BCUT2D eigenvalue weighted by Gasteiger charge is 2.41. The fraction of sp³-hybridized carbons (Fsp3) is 0.250. The van der Waals surface area contributed by atoms with Crippen LogP contribution in [0.5, 0.6) is 0 Å². The molecule has 2 atom stereocenters. The lowest BCUT2D eigenvalue weighted by molar-refractivity contribution is -0.111. The summed E-state index contributed by atoms with van der Waals surface area (Å²) in [6.45, 7) is 6.35. The van der Waals surface area contributed by atoms with Crippen LogP contribution in [0.15, 0.2) is 102 Å². The van der Waals surface area contributed by atoms with E-state index >= 15 is 0 Å². The molecule has 3 aliphatic rings. The van der Waals surface area contributed by atoms with Crippen molar-refractivity contribution in [3.63, 3.8) is 0 Å². The number of ether oxygens (including phenoxy) is 1. The van der Waals surface area contributed by atoms with E-state index in [4.69, 9.17) is 4.74 Å². The number of aryl methyl sites for hydroxylation is 3. The number of aliphatic hydroxyl groups is 1. The predicted octanol–water partition coefficient (Wildman–Crippen LogP) is 8.93. The van der Waals surface area contributed by atoms with Crippen LogP contribution in [0.25, 0.3) is 11.1 Å². The highest BCUT2D eigenvalue weighted by atomic mass is 16.5. The highest BCUT2D eigenvalue weighted by molar-refractivity contribution is 6.44. The van der Waals surface area contributed by atoms with Crippen molar-refractivity contribution in [3.8, 4) is 0 Å². The second-order valence-electron chi connectivity index (χ2n) is 12.5. The zero-order valence-electron chi connectivity index (χ0n) is 26.4. The first kappa shape index (κ1) is 29.0. The molecule has 0 spiro atoms. The molecule has 45 heavy (non-hydrogen) atoms. The van der Waals surface area contributed by atoms with Crippen LogP contribution in [0, 0.1) is 20.8 Å². The molecule has 5 nitrogen and oxygen atoms in total. The van der Waals surface area contributed by atoms with Gasteiger partial charge < -0.3 is 14.7 Å². The number of rotatable bonds is 6. The standard InChI is InChI=1S/C40H38N2O3/c1-25-13-18-29(19-14-25)41-24-32(31-9-5-6-10-34(31)41)38-39(43)37(40(38)44)28-16-20-30(21-17-28)42(33-22-15-26(2)23-27(33)3)35-11-7-8-12-36(35)45-4/h5-6,9-10,13-24,35-36H,7-8,11-12H2,1-4H3/p+1. The zero-order valence-corrected chi connectivity index (χ0v) is 26.4. The van der Waals surface area contributed by atoms with Crippen molar-refractivity contribution < 1.29 is 14.6 Å². The van der Waals surface area contributed by atoms with Gasteiger partial charge in [-0.3, -0.25) is 4.79 Å². The van der Waals surface area contributed by atoms with Gasteiger partial charge in [0.05, 0.1) is 34.4 Å². The Morgan fingerprint density at radius 2 is 1.53 bits per heavy atom. The summed E-state index contributed by atoms with van der Waals surface area (Å²) >= 11 is 0. The van der Waals surface area contributed by atoms with E-state index in [1.54, 1.807) is 0 Å². The number of para-hydroxylation sites is 1. The summed E-state index contributed by atoms with van der Waals surface area (Å²) in [6, 6.07) is 31.2. The third kappa shape index (κ3) is 5.01. The molecule has 2 aliphatic carbocycles. The van der Waals surface area contributed by atoms with Crippen LogP contribution < -0.4 is 9.48 Å². The number of carbonyl (C=O) groups is 1. The highest BCUT2D eigenvalue weighted by Crippen LogP contribution is 2.45. The van der Waals surface area contributed by atoms with Crippen molar-refractivity contribution >= 4 is 45.9 Å². The lowest BCUT2D eigenvalue weighted by Crippen LogP contribution is -2.44. The van der Waals surface area contributed by atoms with E-state index in [9.17, 15) is 9.90 Å². The van der Waals surface area contributed by atoms with Crippen LogP contribution >= 0.6 is 0 Å². The molecular weight excluding hydrogens is 556 g/mol. The number of Topliss-reactive ketones (excluding diaryl/α,β-unsaturated/α-hetero) is 1. The van der Waals surface area contributed by atoms with Crippen molar-refractivity contribution in [1.82, 2.24) is 4.58 Å². The SMILES string of the molecule is COC1CCCCC1N(c1ccc(C2=C(O)/C(=C3/C=[N+](c4ccc(C)cc4)c4ccccc43)C2=O)cc1)c1ccc(C)cc1C. The summed E-state index contributed by atoms with van der Waals surface area (Å²) in [4.78, 5) is 16.2. The molecule has 1 saturated carbocycles. The second-order valence-corrected chi connectivity index (χ2v) is 12.5. The van der Waals surface area contributed by atoms with Crippen LogP contribution in [-0.4, -0.2) is 36.4 Å². The number of nitrogens with zero attached hydrogens (tertiary/aromatic N) is 2. The van der Waals surface area contributed by atoms with Crippen molar-refractivity contribution in [2.45, 2.75) is 58.6 Å². The fourth-order valence-corrected chi connectivity index (χ4v) is 7.24. The molecule has 226 valence electrons. The quantitative estimate of drug-likeness (QED) is 0.179. The maximum atomic E-state index is 13.8. The van der Waals surface area contributed by atoms with Crippen LogP contribution in [-0.2, 0) is 9.53 Å². The summed E-state index contributed by atoms with van der Waals surface area (Å²) in [5, 5.41) is 11.4. The first-order valence-electron chi connectivity index (χ1n) is 15.9. The number of methoxy groups -OCH3 is 1. The average molecular weight is 596 g/mol. The minimum Gasteiger partial charge on any atom is -0.506 e. The minimum absolute atomic E-state index is 0.0533. The normalized spacial score (nSPS) is 21.0. The second kappa shape index (κ2) is 11.6. The Bertz CT molecular complexity index is 1900. The molecule has 1 fully saturated rings. The number of benzene rings is 4. The summed E-state index contributed by atoms with van der Waals surface area (Å²) in [6.07, 6.45) is 6.53. The zero-order chi connectivity index (χ0) is 31.2. The van der Waals surface area contributed by atoms with E-state index in [1.807, 2.05) is 49.7 Å². The average Bonchev–Trinajstić information content (AvgIpc) is 3.42. The van der Waals surface area contributed by atoms with Crippen LogP contribution in [0.3, 0.4) is 0 Å². The van der Waals surface area contributed by atoms with E-state index in [-0.39, 0.29) is 23.7 Å². The van der Waals surface area contributed by atoms with Crippen molar-refractivity contribution in [3.05, 3.63) is 130 Å². The topological polar surface area (TPSA) is 52.8 Å². The Hall–Kier alpha value is -4.74. The number of ketones is 1. The minimum atomic E-state index is -0.134. The molecule has 0 radical (unpaired) electrons. The molecule has 5 heteroatoms. The molecule has 4 aromatic carbocycles. The Morgan fingerprint density at radius 3 is 2.24 bits per heavy atom. The Balaban J connectivity index is 1.26. The number of hydrogen-bond donors (Lipinski definition) is 1. The molecule has 1 heterocycles. The van der Waals surface area contributed by atoms with Gasteiger partial charge in [0.1, 0.15) is 5.76 Å². The van der Waals surface area contributed by atoms with Gasteiger partial charge in [-0.2, -0.15) is 4.58 Å². The summed E-state index contributed by atoms with van der Waals surface area (Å²) < 4.78 is 8.08. The first-order valence-corrected chi connectivity index (χ1v) is 15.9. The third-order valence-electron chi connectivity index (χ3n) is 9.57. The summed E-state index contributed by atoms with van der Waals surface area (Å²) in [5.41, 5.74) is 11.0. The van der Waals surface area contributed by atoms with E-state index < -0.39 is 0 Å². The number of anilines is 2. The molecule has 7 rings (SSSR count). The van der Waals surface area contributed by atoms with E-state index in [0.717, 1.165) is 53.0 Å². The van der Waals surface area contributed by atoms with Gasteiger partial charge in [-0.1, -0.05) is 72.5 Å². The number of fused-ring (bicyclic) bond motifs is 1. The molecule has 0 saturated heterocycles. The monoisotopic (exact) mass is 595 g/mol. The Labute approximate surface area is 265 Å². The lowest BCUT2D eigenvalue weighted by Gasteiger charge is -2.41. The van der Waals surface area contributed by atoms with Gasteiger partial charge in [-0.05, 0) is 69.0 Å². The van der Waals surface area contributed by atoms with Gasteiger partial charge in [0.15, 0.2) is 6.21 Å².